The van der Waals surface area contributed by atoms with E-state index in [0.29, 0.717) is 26.0 Å². The number of nitrogens with zero attached hydrogens (tertiary/aromatic N) is 2. The van der Waals surface area contributed by atoms with Crippen molar-refractivity contribution in [2.24, 2.45) is 5.92 Å². The van der Waals surface area contributed by atoms with Gasteiger partial charge in [-0.1, -0.05) is 44.2 Å². The van der Waals surface area contributed by atoms with Crippen LogP contribution in [0.4, 0.5) is 4.79 Å². The van der Waals surface area contributed by atoms with Gasteiger partial charge in [0.2, 0.25) is 5.91 Å². The molecule has 2 aliphatic heterocycles. The Morgan fingerprint density at radius 3 is 2.62 bits per heavy atom. The van der Waals surface area contributed by atoms with Crippen LogP contribution in [0.3, 0.4) is 0 Å². The number of amides is 4. The molecule has 2 heterocycles. The van der Waals surface area contributed by atoms with Crippen molar-refractivity contribution in [1.82, 2.24) is 20.8 Å². The van der Waals surface area contributed by atoms with Crippen molar-refractivity contribution in [3.63, 3.8) is 0 Å². The quantitative estimate of drug-likeness (QED) is 0.772. The van der Waals surface area contributed by atoms with E-state index in [4.69, 9.17) is 4.84 Å². The molecule has 8 nitrogen and oxygen atoms in total. The lowest BCUT2D eigenvalue weighted by Crippen LogP contribution is -2.54. The SMILES string of the molecule is CC(C)C(=O)NNC(=O)[C@@H]1CC[C@@H]2CN1C(=O)N2OCc1ccccc1. The van der Waals surface area contributed by atoms with E-state index < -0.39 is 6.04 Å². The summed E-state index contributed by atoms with van der Waals surface area (Å²) in [4.78, 5) is 43.8. The highest BCUT2D eigenvalue weighted by Gasteiger charge is 2.48. The zero-order chi connectivity index (χ0) is 18.7. The van der Waals surface area contributed by atoms with Crippen molar-refractivity contribution < 1.29 is 19.2 Å². The third-order valence-electron chi connectivity index (χ3n) is 4.67. The van der Waals surface area contributed by atoms with Crippen molar-refractivity contribution in [3.05, 3.63) is 35.9 Å². The largest absolute Gasteiger partial charge is 0.345 e. The standard InChI is InChI=1S/C18H24N4O4/c1-12(2)16(23)19-20-17(24)15-9-8-14-10-21(15)18(25)22(14)26-11-13-6-4-3-5-7-13/h3-7,12,14-15H,8-11H2,1-2H3,(H,19,23)(H,20,24)/t14-,15+/m1/s1. The molecule has 0 radical (unpaired) electrons. The molecule has 1 aromatic carbocycles. The van der Waals surface area contributed by atoms with Gasteiger partial charge in [0, 0.05) is 12.5 Å². The fraction of sp³-hybridized carbons (Fsp3) is 0.500. The van der Waals surface area contributed by atoms with Crippen LogP contribution in [0, 0.1) is 5.92 Å². The maximum atomic E-state index is 12.6. The third kappa shape index (κ3) is 3.80. The topological polar surface area (TPSA) is 91.0 Å². The normalized spacial score (nSPS) is 21.9. The number of carbonyl (C=O) groups excluding carboxylic acids is 3. The Morgan fingerprint density at radius 1 is 1.19 bits per heavy atom. The van der Waals surface area contributed by atoms with Gasteiger partial charge in [-0.3, -0.25) is 25.3 Å². The molecule has 8 heteroatoms. The monoisotopic (exact) mass is 360 g/mol. The van der Waals surface area contributed by atoms with E-state index in [1.165, 1.54) is 9.96 Å². The van der Waals surface area contributed by atoms with E-state index in [-0.39, 0.29) is 29.8 Å². The number of benzene rings is 1. The summed E-state index contributed by atoms with van der Waals surface area (Å²) in [5, 5.41) is 1.38. The molecule has 2 saturated heterocycles. The zero-order valence-corrected chi connectivity index (χ0v) is 15.0. The van der Waals surface area contributed by atoms with Gasteiger partial charge < -0.3 is 4.90 Å². The first-order valence-electron chi connectivity index (χ1n) is 8.83. The average molecular weight is 360 g/mol. The van der Waals surface area contributed by atoms with Crippen LogP contribution in [0.25, 0.3) is 0 Å². The van der Waals surface area contributed by atoms with Gasteiger partial charge in [0.05, 0.1) is 6.04 Å². The summed E-state index contributed by atoms with van der Waals surface area (Å²) in [6.07, 6.45) is 1.21. The van der Waals surface area contributed by atoms with Crippen molar-refractivity contribution in [2.45, 2.75) is 45.4 Å². The minimum Gasteiger partial charge on any atom is -0.309 e. The number of carbonyl (C=O) groups is 3. The second-order valence-electron chi connectivity index (χ2n) is 6.90. The molecule has 0 aliphatic carbocycles. The van der Waals surface area contributed by atoms with E-state index in [9.17, 15) is 14.4 Å². The summed E-state index contributed by atoms with van der Waals surface area (Å²) in [5.41, 5.74) is 5.78. The molecule has 2 bridgehead atoms. The third-order valence-corrected chi connectivity index (χ3v) is 4.67. The van der Waals surface area contributed by atoms with Gasteiger partial charge in [0.25, 0.3) is 5.91 Å². The molecule has 1 aromatic rings. The highest BCUT2D eigenvalue weighted by Crippen LogP contribution is 2.30. The van der Waals surface area contributed by atoms with Gasteiger partial charge in [-0.15, -0.1) is 0 Å². The molecule has 2 aliphatic rings. The Hall–Kier alpha value is -2.61. The van der Waals surface area contributed by atoms with Gasteiger partial charge in [0.15, 0.2) is 0 Å². The molecule has 0 unspecified atom stereocenters. The predicted octanol–water partition coefficient (Wildman–Crippen LogP) is 1.19. The number of rotatable bonds is 5. The van der Waals surface area contributed by atoms with Crippen LogP contribution >= 0.6 is 0 Å². The summed E-state index contributed by atoms with van der Waals surface area (Å²) in [5.74, 6) is -0.885. The second-order valence-corrected chi connectivity index (χ2v) is 6.90. The maximum Gasteiger partial charge on any atom is 0.345 e. The van der Waals surface area contributed by atoms with Crippen LogP contribution in [0.1, 0.15) is 32.3 Å². The van der Waals surface area contributed by atoms with E-state index in [1.54, 1.807) is 13.8 Å². The smallest absolute Gasteiger partial charge is 0.309 e. The molecule has 26 heavy (non-hydrogen) atoms. The van der Waals surface area contributed by atoms with E-state index in [1.807, 2.05) is 30.3 Å². The van der Waals surface area contributed by atoms with Crippen LogP contribution in [-0.2, 0) is 21.0 Å². The highest BCUT2D eigenvalue weighted by atomic mass is 16.7. The zero-order valence-electron chi connectivity index (χ0n) is 15.0. The molecular weight excluding hydrogens is 336 g/mol. The lowest BCUT2D eigenvalue weighted by molar-refractivity contribution is -0.140. The Balaban J connectivity index is 1.57. The van der Waals surface area contributed by atoms with E-state index in [2.05, 4.69) is 10.9 Å². The number of hydrogen-bond donors (Lipinski definition) is 2. The summed E-state index contributed by atoms with van der Waals surface area (Å²) in [7, 11) is 0. The van der Waals surface area contributed by atoms with Crippen LogP contribution in [0.15, 0.2) is 30.3 Å². The Labute approximate surface area is 152 Å². The Morgan fingerprint density at radius 2 is 1.92 bits per heavy atom. The molecular formula is C18H24N4O4. The van der Waals surface area contributed by atoms with Crippen LogP contribution in [0.5, 0.6) is 0 Å². The fourth-order valence-corrected chi connectivity index (χ4v) is 3.14. The molecule has 2 fully saturated rings. The minimum absolute atomic E-state index is 0.0551. The van der Waals surface area contributed by atoms with Crippen LogP contribution in [-0.4, -0.2) is 46.4 Å². The summed E-state index contributed by atoms with van der Waals surface area (Å²) in [6, 6.07) is 8.65. The molecule has 2 atom stereocenters. The Kier molecular flexibility index (Phi) is 5.41. The number of hydrogen-bond acceptors (Lipinski definition) is 4. The highest BCUT2D eigenvalue weighted by molar-refractivity contribution is 5.90. The molecule has 2 N–H and O–H groups in total. The molecule has 4 amide bonds. The number of hydrazine groups is 1. The van der Waals surface area contributed by atoms with Crippen LogP contribution < -0.4 is 10.9 Å². The van der Waals surface area contributed by atoms with Gasteiger partial charge >= 0.3 is 6.03 Å². The fourth-order valence-electron chi connectivity index (χ4n) is 3.14. The molecule has 0 saturated carbocycles. The summed E-state index contributed by atoms with van der Waals surface area (Å²) < 4.78 is 0. The van der Waals surface area contributed by atoms with Crippen molar-refractivity contribution >= 4 is 17.8 Å². The lowest BCUT2D eigenvalue weighted by atomic mass is 10.0. The first-order valence-corrected chi connectivity index (χ1v) is 8.83. The average Bonchev–Trinajstić information content (AvgIpc) is 2.89. The summed E-state index contributed by atoms with van der Waals surface area (Å²) in [6.45, 7) is 4.22. The molecule has 0 spiro atoms. The first-order chi connectivity index (χ1) is 12.5. The van der Waals surface area contributed by atoms with Crippen molar-refractivity contribution in [3.8, 4) is 0 Å². The van der Waals surface area contributed by atoms with Gasteiger partial charge in [0.1, 0.15) is 12.6 Å². The predicted molar refractivity (Wildman–Crippen MR) is 93.1 cm³/mol. The second kappa shape index (κ2) is 7.74. The number of fused-ring (bicyclic) bond motifs is 2. The number of urea groups is 1. The van der Waals surface area contributed by atoms with Gasteiger partial charge in [-0.25, -0.2) is 4.79 Å². The lowest BCUT2D eigenvalue weighted by Gasteiger charge is -2.29. The van der Waals surface area contributed by atoms with Crippen molar-refractivity contribution in [1.29, 1.82) is 0 Å². The maximum absolute atomic E-state index is 12.6. The molecule has 0 aromatic heterocycles. The van der Waals surface area contributed by atoms with Gasteiger partial charge in [-0.2, -0.15) is 5.06 Å². The number of piperidine rings is 1. The van der Waals surface area contributed by atoms with E-state index >= 15 is 0 Å². The van der Waals surface area contributed by atoms with Crippen LogP contribution in [0.2, 0.25) is 0 Å². The number of hydroxylamine groups is 2. The van der Waals surface area contributed by atoms with Crippen molar-refractivity contribution in [2.75, 3.05) is 6.54 Å². The first kappa shape index (κ1) is 18.2. The minimum atomic E-state index is -0.600. The Bertz CT molecular complexity index is 679. The van der Waals surface area contributed by atoms with Gasteiger partial charge in [-0.05, 0) is 18.4 Å². The van der Waals surface area contributed by atoms with E-state index in [0.717, 1.165) is 5.56 Å². The molecule has 140 valence electrons. The number of nitrogens with one attached hydrogen (secondary N) is 2. The molecule has 3 rings (SSSR count). The summed E-state index contributed by atoms with van der Waals surface area (Å²) >= 11 is 0.